The van der Waals surface area contributed by atoms with Gasteiger partial charge in [-0.3, -0.25) is 4.79 Å². The molecule has 0 spiro atoms. The third-order valence-electron chi connectivity index (χ3n) is 4.50. The number of hydrogen-bond donors (Lipinski definition) is 1. The van der Waals surface area contributed by atoms with Gasteiger partial charge in [0.05, 0.1) is 10.6 Å². The van der Waals surface area contributed by atoms with Crippen LogP contribution in [0.25, 0.3) is 22.0 Å². The van der Waals surface area contributed by atoms with Crippen molar-refractivity contribution in [2.24, 2.45) is 0 Å². The Labute approximate surface area is 173 Å². The van der Waals surface area contributed by atoms with Gasteiger partial charge >= 0.3 is 0 Å². The molecule has 4 rings (SSSR count). The lowest BCUT2D eigenvalue weighted by Crippen LogP contribution is -2.22. The summed E-state index contributed by atoms with van der Waals surface area (Å²) in [5.41, 5.74) is 2.63. The van der Waals surface area contributed by atoms with Gasteiger partial charge in [0.1, 0.15) is 5.75 Å². The van der Waals surface area contributed by atoms with Gasteiger partial charge in [-0.1, -0.05) is 54.1 Å². The number of thiazole rings is 1. The van der Waals surface area contributed by atoms with Gasteiger partial charge in [0, 0.05) is 10.9 Å². The van der Waals surface area contributed by atoms with Crippen LogP contribution in [0.5, 0.6) is 0 Å². The van der Waals surface area contributed by atoms with Crippen LogP contribution in [0.3, 0.4) is 0 Å². The van der Waals surface area contributed by atoms with Crippen molar-refractivity contribution in [3.8, 4) is 11.3 Å². The van der Waals surface area contributed by atoms with Gasteiger partial charge in [-0.05, 0) is 35.9 Å². The van der Waals surface area contributed by atoms with Crippen LogP contribution in [0.2, 0.25) is 0 Å². The van der Waals surface area contributed by atoms with Crippen LogP contribution in [0, 0.1) is 6.92 Å². The molecule has 0 unspecified atom stereocenters. The SMILES string of the molecule is Cc1ccc(S(=O)(=O)CC(=O)Nc2nc(-c3ccc4ccccc4c3)cs2)cc1. The molecule has 1 heterocycles. The first-order chi connectivity index (χ1) is 13.9. The summed E-state index contributed by atoms with van der Waals surface area (Å²) in [6.07, 6.45) is 0. The highest BCUT2D eigenvalue weighted by Gasteiger charge is 2.20. The van der Waals surface area contributed by atoms with Crippen LogP contribution in [0.1, 0.15) is 5.56 Å². The zero-order chi connectivity index (χ0) is 20.4. The summed E-state index contributed by atoms with van der Waals surface area (Å²) >= 11 is 1.26. The van der Waals surface area contributed by atoms with Crippen LogP contribution >= 0.6 is 11.3 Å². The van der Waals surface area contributed by atoms with Gasteiger partial charge in [-0.15, -0.1) is 11.3 Å². The number of amides is 1. The lowest BCUT2D eigenvalue weighted by atomic mass is 10.1. The fourth-order valence-electron chi connectivity index (χ4n) is 2.97. The summed E-state index contributed by atoms with van der Waals surface area (Å²) in [4.78, 5) is 16.8. The van der Waals surface area contributed by atoms with Crippen molar-refractivity contribution in [1.82, 2.24) is 4.98 Å². The largest absolute Gasteiger partial charge is 0.301 e. The molecular formula is C22H18N2O3S2. The molecule has 0 aliphatic rings. The quantitative estimate of drug-likeness (QED) is 0.506. The molecule has 0 aliphatic heterocycles. The Bertz CT molecular complexity index is 1290. The van der Waals surface area contributed by atoms with E-state index in [4.69, 9.17) is 0 Å². The van der Waals surface area contributed by atoms with Crippen molar-refractivity contribution in [3.05, 3.63) is 77.7 Å². The molecule has 0 aliphatic carbocycles. The average Bonchev–Trinajstić information content (AvgIpc) is 3.15. The number of aryl methyl sites for hydroxylation is 1. The highest BCUT2D eigenvalue weighted by molar-refractivity contribution is 7.92. The first-order valence-corrected chi connectivity index (χ1v) is 11.5. The fourth-order valence-corrected chi connectivity index (χ4v) is 4.84. The first kappa shape index (κ1) is 19.3. The van der Waals surface area contributed by atoms with Crippen LogP contribution < -0.4 is 5.32 Å². The predicted molar refractivity (Wildman–Crippen MR) is 117 cm³/mol. The normalized spacial score (nSPS) is 11.5. The second-order valence-electron chi connectivity index (χ2n) is 6.72. The Morgan fingerprint density at radius 2 is 1.72 bits per heavy atom. The average molecular weight is 423 g/mol. The van der Waals surface area contributed by atoms with E-state index in [9.17, 15) is 13.2 Å². The summed E-state index contributed by atoms with van der Waals surface area (Å²) in [5, 5.41) is 7.05. The third kappa shape index (κ3) is 4.36. The minimum atomic E-state index is -3.70. The monoisotopic (exact) mass is 422 g/mol. The van der Waals surface area contributed by atoms with Gasteiger partial charge < -0.3 is 5.32 Å². The molecule has 0 fully saturated rings. The maximum atomic E-state index is 12.4. The Hall–Kier alpha value is -3.03. The molecule has 5 nitrogen and oxygen atoms in total. The molecule has 29 heavy (non-hydrogen) atoms. The molecule has 1 amide bonds. The van der Waals surface area contributed by atoms with Gasteiger partial charge in [0.25, 0.3) is 0 Å². The summed E-state index contributed by atoms with van der Waals surface area (Å²) in [6.45, 7) is 1.87. The zero-order valence-electron chi connectivity index (χ0n) is 15.6. The van der Waals surface area contributed by atoms with E-state index in [2.05, 4.69) is 10.3 Å². The number of sulfone groups is 1. The van der Waals surface area contributed by atoms with E-state index in [1.807, 2.05) is 54.8 Å². The van der Waals surface area contributed by atoms with Crippen LogP contribution in [0.4, 0.5) is 5.13 Å². The number of anilines is 1. The van der Waals surface area contributed by atoms with Crippen molar-refractivity contribution in [3.63, 3.8) is 0 Å². The molecule has 146 valence electrons. The van der Waals surface area contributed by atoms with E-state index >= 15 is 0 Å². The molecule has 0 saturated heterocycles. The Morgan fingerprint density at radius 3 is 2.48 bits per heavy atom. The number of fused-ring (bicyclic) bond motifs is 1. The number of carbonyl (C=O) groups is 1. The van der Waals surface area contributed by atoms with Crippen molar-refractivity contribution in [1.29, 1.82) is 0 Å². The number of rotatable bonds is 5. The van der Waals surface area contributed by atoms with E-state index in [0.717, 1.165) is 27.6 Å². The van der Waals surface area contributed by atoms with Crippen LogP contribution in [0.15, 0.2) is 77.0 Å². The third-order valence-corrected chi connectivity index (χ3v) is 6.89. The Kier molecular flexibility index (Phi) is 5.17. The molecular weight excluding hydrogens is 404 g/mol. The molecule has 0 bridgehead atoms. The van der Waals surface area contributed by atoms with Gasteiger partial charge in [0.15, 0.2) is 15.0 Å². The van der Waals surface area contributed by atoms with Crippen molar-refractivity contribution < 1.29 is 13.2 Å². The van der Waals surface area contributed by atoms with E-state index in [1.165, 1.54) is 23.5 Å². The number of benzene rings is 3. The molecule has 1 aromatic heterocycles. The summed E-state index contributed by atoms with van der Waals surface area (Å²) in [5.74, 6) is -1.23. The number of nitrogens with zero attached hydrogens (tertiary/aromatic N) is 1. The van der Waals surface area contributed by atoms with Crippen LogP contribution in [-0.4, -0.2) is 25.1 Å². The number of nitrogens with one attached hydrogen (secondary N) is 1. The summed E-state index contributed by atoms with van der Waals surface area (Å²) < 4.78 is 24.8. The number of hydrogen-bond acceptors (Lipinski definition) is 5. The van der Waals surface area contributed by atoms with Gasteiger partial charge in [-0.2, -0.15) is 0 Å². The molecule has 0 saturated carbocycles. The predicted octanol–water partition coefficient (Wildman–Crippen LogP) is 4.68. The smallest absolute Gasteiger partial charge is 0.241 e. The maximum absolute atomic E-state index is 12.4. The summed E-state index contributed by atoms with van der Waals surface area (Å²) in [6, 6.07) is 20.5. The molecule has 0 radical (unpaired) electrons. The minimum absolute atomic E-state index is 0.134. The lowest BCUT2D eigenvalue weighted by molar-refractivity contribution is -0.113. The van der Waals surface area contributed by atoms with Crippen molar-refractivity contribution in [2.75, 3.05) is 11.1 Å². The first-order valence-electron chi connectivity index (χ1n) is 8.95. The highest BCUT2D eigenvalue weighted by atomic mass is 32.2. The highest BCUT2D eigenvalue weighted by Crippen LogP contribution is 2.27. The lowest BCUT2D eigenvalue weighted by Gasteiger charge is -2.05. The Balaban J connectivity index is 1.48. The van der Waals surface area contributed by atoms with Gasteiger partial charge in [0.2, 0.25) is 5.91 Å². The molecule has 3 aromatic carbocycles. The molecule has 1 N–H and O–H groups in total. The van der Waals surface area contributed by atoms with E-state index in [1.54, 1.807) is 12.1 Å². The second kappa shape index (κ2) is 7.77. The van der Waals surface area contributed by atoms with Crippen molar-refractivity contribution >= 4 is 43.0 Å². The van der Waals surface area contributed by atoms with E-state index < -0.39 is 21.5 Å². The molecule has 7 heteroatoms. The van der Waals surface area contributed by atoms with Crippen molar-refractivity contribution in [2.45, 2.75) is 11.8 Å². The van der Waals surface area contributed by atoms with Gasteiger partial charge in [-0.25, -0.2) is 13.4 Å². The fraction of sp³-hybridized carbons (Fsp3) is 0.0909. The van der Waals surface area contributed by atoms with E-state index in [0.29, 0.717) is 5.13 Å². The zero-order valence-corrected chi connectivity index (χ0v) is 17.3. The van der Waals surface area contributed by atoms with E-state index in [-0.39, 0.29) is 4.90 Å². The number of aromatic nitrogens is 1. The minimum Gasteiger partial charge on any atom is -0.301 e. The number of carbonyl (C=O) groups excluding carboxylic acids is 1. The topological polar surface area (TPSA) is 76.1 Å². The Morgan fingerprint density at radius 1 is 1.00 bits per heavy atom. The standard InChI is InChI=1S/C22H18N2O3S2/c1-15-6-10-19(11-7-15)29(26,27)14-21(25)24-22-23-20(13-28-22)18-9-8-16-4-2-3-5-17(16)12-18/h2-13H,14H2,1H3,(H,23,24,25). The molecule has 4 aromatic rings. The second-order valence-corrected chi connectivity index (χ2v) is 9.57. The maximum Gasteiger partial charge on any atom is 0.241 e. The molecule has 0 atom stereocenters. The van der Waals surface area contributed by atoms with Crippen LogP contribution in [-0.2, 0) is 14.6 Å². The summed E-state index contributed by atoms with van der Waals surface area (Å²) in [7, 11) is -3.70.